The van der Waals surface area contributed by atoms with Gasteiger partial charge in [0.05, 0.1) is 5.25 Å². The van der Waals surface area contributed by atoms with Gasteiger partial charge in [-0.2, -0.15) is 16.7 Å². The molecule has 0 radical (unpaired) electrons. The maximum absolute atomic E-state index is 4.80. The van der Waals surface area contributed by atoms with Gasteiger partial charge < -0.3 is 4.52 Å². The molecule has 9 heavy (non-hydrogen) atoms. The third-order valence-electron chi connectivity index (χ3n) is 1.08. The van der Waals surface area contributed by atoms with Crippen LogP contribution in [0.5, 0.6) is 0 Å². The number of aromatic nitrogens is 2. The first-order valence-corrected chi connectivity index (χ1v) is 3.92. The molecule has 1 atom stereocenters. The van der Waals surface area contributed by atoms with Gasteiger partial charge in [0.25, 0.3) is 0 Å². The van der Waals surface area contributed by atoms with Gasteiger partial charge >= 0.3 is 0 Å². The summed E-state index contributed by atoms with van der Waals surface area (Å²) in [6.07, 6.45) is 3.43. The fourth-order valence-electron chi connectivity index (χ4n) is 0.462. The number of rotatable bonds is 2. The second-order valence-corrected chi connectivity index (χ2v) is 2.84. The zero-order valence-electron chi connectivity index (χ0n) is 5.37. The Morgan fingerprint density at radius 3 is 3.00 bits per heavy atom. The van der Waals surface area contributed by atoms with E-state index in [1.807, 2.05) is 13.2 Å². The molecule has 0 saturated carbocycles. The van der Waals surface area contributed by atoms with Gasteiger partial charge in [-0.15, -0.1) is 0 Å². The predicted molar refractivity (Wildman–Crippen MR) is 36.2 cm³/mol. The predicted octanol–water partition coefficient (Wildman–Crippen LogP) is 1.49. The maximum Gasteiger partial charge on any atom is 0.239 e. The molecule has 0 saturated heterocycles. The zero-order valence-corrected chi connectivity index (χ0v) is 6.18. The molecule has 50 valence electrons. The number of hydrogen-bond acceptors (Lipinski definition) is 4. The normalized spacial score (nSPS) is 13.6. The molecule has 0 N–H and O–H groups in total. The fraction of sp³-hybridized carbons (Fsp3) is 0.600. The Morgan fingerprint density at radius 1 is 1.78 bits per heavy atom. The maximum atomic E-state index is 4.80. The topological polar surface area (TPSA) is 38.9 Å². The average molecular weight is 144 g/mol. The average Bonchev–Trinajstić information content (AvgIpc) is 2.37. The summed E-state index contributed by atoms with van der Waals surface area (Å²) in [6.45, 7) is 2.03. The van der Waals surface area contributed by atoms with Crippen LogP contribution in [0.2, 0.25) is 0 Å². The molecule has 1 unspecified atom stereocenters. The quantitative estimate of drug-likeness (QED) is 0.630. The lowest BCUT2D eigenvalue weighted by Gasteiger charge is -1.97. The Labute approximate surface area is 57.8 Å². The minimum Gasteiger partial charge on any atom is -0.338 e. The Morgan fingerprint density at radius 2 is 2.56 bits per heavy atom. The summed E-state index contributed by atoms with van der Waals surface area (Å²) in [7, 11) is 0. The third kappa shape index (κ3) is 1.45. The highest BCUT2D eigenvalue weighted by Crippen LogP contribution is 2.22. The molecule has 4 heteroatoms. The van der Waals surface area contributed by atoms with Gasteiger partial charge in [0, 0.05) is 0 Å². The molecule has 1 aromatic heterocycles. The molecular weight excluding hydrogens is 136 g/mol. The van der Waals surface area contributed by atoms with Crippen LogP contribution in [0.3, 0.4) is 0 Å². The van der Waals surface area contributed by atoms with Gasteiger partial charge in [-0.05, 0) is 13.2 Å². The molecule has 0 spiro atoms. The summed E-state index contributed by atoms with van der Waals surface area (Å²) in [5.74, 6) is 0.697. The van der Waals surface area contributed by atoms with Crippen LogP contribution in [0.4, 0.5) is 0 Å². The van der Waals surface area contributed by atoms with Gasteiger partial charge in [0.2, 0.25) is 5.89 Å². The van der Waals surface area contributed by atoms with Gasteiger partial charge in [-0.3, -0.25) is 0 Å². The van der Waals surface area contributed by atoms with Crippen molar-refractivity contribution in [2.75, 3.05) is 6.26 Å². The first-order chi connectivity index (χ1) is 4.34. The van der Waals surface area contributed by atoms with E-state index in [0.717, 1.165) is 0 Å². The van der Waals surface area contributed by atoms with Crippen molar-refractivity contribution in [3.8, 4) is 0 Å². The Hall–Kier alpha value is -0.510. The van der Waals surface area contributed by atoms with Crippen LogP contribution in [0.1, 0.15) is 18.1 Å². The van der Waals surface area contributed by atoms with Crippen LogP contribution in [-0.2, 0) is 0 Å². The van der Waals surface area contributed by atoms with Crippen molar-refractivity contribution in [3.05, 3.63) is 12.2 Å². The van der Waals surface area contributed by atoms with Crippen LogP contribution in [0.25, 0.3) is 0 Å². The molecule has 0 bridgehead atoms. The van der Waals surface area contributed by atoms with Crippen LogP contribution in [0.15, 0.2) is 10.9 Å². The van der Waals surface area contributed by atoms with Crippen LogP contribution >= 0.6 is 11.8 Å². The Kier molecular flexibility index (Phi) is 2.10. The Bertz CT molecular complexity index is 163. The van der Waals surface area contributed by atoms with Gasteiger partial charge in [-0.1, -0.05) is 5.16 Å². The second-order valence-electron chi connectivity index (χ2n) is 1.66. The first-order valence-electron chi connectivity index (χ1n) is 2.64. The lowest BCUT2D eigenvalue weighted by Crippen LogP contribution is -1.84. The summed E-state index contributed by atoms with van der Waals surface area (Å²) in [5.41, 5.74) is 0. The fourth-order valence-corrected chi connectivity index (χ4v) is 0.767. The van der Waals surface area contributed by atoms with E-state index >= 15 is 0 Å². The summed E-state index contributed by atoms with van der Waals surface area (Å²) in [5, 5.41) is 3.80. The van der Waals surface area contributed by atoms with E-state index < -0.39 is 0 Å². The van der Waals surface area contributed by atoms with Crippen molar-refractivity contribution in [1.29, 1.82) is 0 Å². The van der Waals surface area contributed by atoms with E-state index in [-0.39, 0.29) is 0 Å². The van der Waals surface area contributed by atoms with E-state index in [2.05, 4.69) is 10.1 Å². The monoisotopic (exact) mass is 144 g/mol. The standard InChI is InChI=1S/C5H8N2OS/c1-4(9-2)5-6-3-7-8-5/h3-4H,1-2H3. The molecule has 0 aromatic carbocycles. The van der Waals surface area contributed by atoms with E-state index in [9.17, 15) is 0 Å². The smallest absolute Gasteiger partial charge is 0.239 e. The second kappa shape index (κ2) is 2.87. The van der Waals surface area contributed by atoms with Crippen molar-refractivity contribution in [2.45, 2.75) is 12.2 Å². The van der Waals surface area contributed by atoms with Crippen molar-refractivity contribution < 1.29 is 4.52 Å². The number of hydrogen-bond donors (Lipinski definition) is 0. The summed E-state index contributed by atoms with van der Waals surface area (Å²) >= 11 is 1.69. The van der Waals surface area contributed by atoms with Crippen LogP contribution in [-0.4, -0.2) is 16.4 Å². The largest absolute Gasteiger partial charge is 0.338 e. The van der Waals surface area contributed by atoms with E-state index in [1.54, 1.807) is 11.8 Å². The molecule has 1 rings (SSSR count). The SMILES string of the molecule is CSC(C)c1ncno1. The molecule has 0 aliphatic rings. The van der Waals surface area contributed by atoms with Crippen molar-refractivity contribution in [1.82, 2.24) is 10.1 Å². The van der Waals surface area contributed by atoms with Gasteiger partial charge in [0.1, 0.15) is 0 Å². The van der Waals surface area contributed by atoms with Gasteiger partial charge in [-0.25, -0.2) is 0 Å². The number of thioether (sulfide) groups is 1. The molecule has 0 aliphatic heterocycles. The molecule has 3 nitrogen and oxygen atoms in total. The highest BCUT2D eigenvalue weighted by Gasteiger charge is 2.07. The molecule has 0 fully saturated rings. The lowest BCUT2D eigenvalue weighted by atomic mass is 10.5. The summed E-state index contributed by atoms with van der Waals surface area (Å²) in [6, 6.07) is 0. The van der Waals surface area contributed by atoms with E-state index in [4.69, 9.17) is 4.52 Å². The van der Waals surface area contributed by atoms with Gasteiger partial charge in [0.15, 0.2) is 6.33 Å². The zero-order chi connectivity index (χ0) is 6.69. The Balaban J connectivity index is 2.65. The minimum atomic E-state index is 0.312. The summed E-state index contributed by atoms with van der Waals surface area (Å²) < 4.78 is 4.80. The molecule has 0 aliphatic carbocycles. The van der Waals surface area contributed by atoms with Crippen LogP contribution in [0, 0.1) is 0 Å². The highest BCUT2D eigenvalue weighted by atomic mass is 32.2. The first kappa shape index (κ1) is 6.61. The van der Waals surface area contributed by atoms with Crippen molar-refractivity contribution in [2.24, 2.45) is 0 Å². The summed E-state index contributed by atoms with van der Waals surface area (Å²) in [4.78, 5) is 3.89. The van der Waals surface area contributed by atoms with E-state index in [1.165, 1.54) is 6.33 Å². The molecular formula is C5H8N2OS. The molecule has 0 amide bonds. The molecule has 1 heterocycles. The molecule has 1 aromatic rings. The van der Waals surface area contributed by atoms with Crippen molar-refractivity contribution >= 4 is 11.8 Å². The van der Waals surface area contributed by atoms with Crippen molar-refractivity contribution in [3.63, 3.8) is 0 Å². The lowest BCUT2D eigenvalue weighted by molar-refractivity contribution is 0.379. The number of nitrogens with zero attached hydrogens (tertiary/aromatic N) is 2. The third-order valence-corrected chi connectivity index (χ3v) is 1.99. The van der Waals surface area contributed by atoms with E-state index in [0.29, 0.717) is 11.1 Å². The van der Waals surface area contributed by atoms with Crippen LogP contribution < -0.4 is 0 Å². The highest BCUT2D eigenvalue weighted by molar-refractivity contribution is 7.98. The minimum absolute atomic E-state index is 0.312.